The highest BCUT2D eigenvalue weighted by Crippen LogP contribution is 2.35. The Hall–Kier alpha value is -4.20. The van der Waals surface area contributed by atoms with E-state index in [1.165, 1.54) is 0 Å². The second kappa shape index (κ2) is 12.8. The van der Waals surface area contributed by atoms with E-state index in [1.807, 2.05) is 97.1 Å². The van der Waals surface area contributed by atoms with Gasteiger partial charge in [0.25, 0.3) is 5.91 Å². The molecule has 1 heterocycles. The topological polar surface area (TPSA) is 81.8 Å². The van der Waals surface area contributed by atoms with E-state index in [1.54, 1.807) is 23.8 Å². The van der Waals surface area contributed by atoms with Crippen LogP contribution in [-0.2, 0) is 27.3 Å². The summed E-state index contributed by atoms with van der Waals surface area (Å²) in [7, 11) is 1.69. The molecule has 0 saturated heterocycles. The summed E-state index contributed by atoms with van der Waals surface area (Å²) in [5, 5.41) is 7.96. The van der Waals surface area contributed by atoms with Crippen molar-refractivity contribution in [3.63, 3.8) is 0 Å². The average molecular weight is 557 g/mol. The summed E-state index contributed by atoms with van der Waals surface area (Å²) >= 11 is 0. The van der Waals surface area contributed by atoms with Crippen LogP contribution in [0, 0.1) is 0 Å². The Bertz CT molecular complexity index is 1510. The van der Waals surface area contributed by atoms with Crippen molar-refractivity contribution in [2.75, 3.05) is 23.4 Å². The lowest BCUT2D eigenvalue weighted by Crippen LogP contribution is -2.55. The van der Waals surface area contributed by atoms with Gasteiger partial charge in [0.1, 0.15) is 6.04 Å². The lowest BCUT2D eigenvalue weighted by molar-refractivity contribution is -0.128. The summed E-state index contributed by atoms with van der Waals surface area (Å²) < 4.78 is 0. The van der Waals surface area contributed by atoms with Gasteiger partial charge in [-0.1, -0.05) is 84.9 Å². The van der Waals surface area contributed by atoms with Gasteiger partial charge in [0.05, 0.1) is 36.9 Å². The molecule has 1 aliphatic rings. The maximum Gasteiger partial charge on any atom is 0.251 e. The first-order valence-corrected chi connectivity index (χ1v) is 13.1. The fourth-order valence-corrected chi connectivity index (χ4v) is 4.99. The number of amides is 3. The van der Waals surface area contributed by atoms with E-state index in [9.17, 15) is 14.4 Å². The summed E-state index contributed by atoms with van der Waals surface area (Å²) in [5.74, 6) is -0.709. The fraction of sp³-hybridized carbons (Fsp3) is 0.219. The SMILES string of the molecule is CNC(C)C(=O)N[C@H]1CN(C(=O)Cc2ccccc2)c2ccccc2N(Cc2cccc3ccccc23)C1=O.Cl. The van der Waals surface area contributed by atoms with E-state index in [2.05, 4.69) is 10.6 Å². The van der Waals surface area contributed by atoms with Crippen LogP contribution < -0.4 is 20.4 Å². The predicted octanol–water partition coefficient (Wildman–Crippen LogP) is 4.48. The van der Waals surface area contributed by atoms with Crippen molar-refractivity contribution >= 4 is 52.3 Å². The van der Waals surface area contributed by atoms with Crippen LogP contribution in [0.1, 0.15) is 18.1 Å². The first kappa shape index (κ1) is 28.8. The smallest absolute Gasteiger partial charge is 0.251 e. The van der Waals surface area contributed by atoms with Gasteiger partial charge in [-0.3, -0.25) is 14.4 Å². The van der Waals surface area contributed by atoms with Gasteiger partial charge in [0, 0.05) is 0 Å². The molecule has 1 unspecified atom stereocenters. The van der Waals surface area contributed by atoms with Crippen molar-refractivity contribution in [2.24, 2.45) is 0 Å². The normalized spacial score (nSPS) is 15.6. The van der Waals surface area contributed by atoms with Crippen LogP contribution >= 0.6 is 12.4 Å². The molecule has 3 amide bonds. The molecular weight excluding hydrogens is 524 g/mol. The Morgan fingerprint density at radius 2 is 1.52 bits per heavy atom. The van der Waals surface area contributed by atoms with Crippen molar-refractivity contribution in [3.8, 4) is 0 Å². The number of nitrogens with one attached hydrogen (secondary N) is 2. The highest BCUT2D eigenvalue weighted by atomic mass is 35.5. The molecule has 0 aliphatic carbocycles. The molecule has 0 spiro atoms. The zero-order valence-electron chi connectivity index (χ0n) is 22.5. The average Bonchev–Trinajstić information content (AvgIpc) is 3.08. The third-order valence-corrected chi connectivity index (χ3v) is 7.24. The molecule has 40 heavy (non-hydrogen) atoms. The van der Waals surface area contributed by atoms with Gasteiger partial charge in [-0.25, -0.2) is 0 Å². The molecular formula is C32H33ClN4O3. The lowest BCUT2D eigenvalue weighted by atomic mass is 10.0. The summed E-state index contributed by atoms with van der Waals surface area (Å²) in [6.45, 7) is 2.07. The lowest BCUT2D eigenvalue weighted by Gasteiger charge is -2.26. The predicted molar refractivity (Wildman–Crippen MR) is 162 cm³/mol. The highest BCUT2D eigenvalue weighted by Gasteiger charge is 2.37. The molecule has 0 radical (unpaired) electrons. The van der Waals surface area contributed by atoms with Crippen molar-refractivity contribution in [1.82, 2.24) is 10.6 Å². The fourth-order valence-electron chi connectivity index (χ4n) is 4.99. The van der Waals surface area contributed by atoms with Crippen molar-refractivity contribution < 1.29 is 14.4 Å². The van der Waals surface area contributed by atoms with E-state index < -0.39 is 12.1 Å². The highest BCUT2D eigenvalue weighted by molar-refractivity contribution is 6.08. The van der Waals surface area contributed by atoms with E-state index in [-0.39, 0.29) is 43.1 Å². The van der Waals surface area contributed by atoms with Gasteiger partial charge in [-0.2, -0.15) is 0 Å². The number of carbonyl (C=O) groups is 3. The first-order chi connectivity index (χ1) is 19.0. The number of benzene rings is 4. The largest absolute Gasteiger partial charge is 0.341 e. The van der Waals surface area contributed by atoms with Crippen molar-refractivity contribution in [1.29, 1.82) is 0 Å². The molecule has 0 aromatic heterocycles. The molecule has 4 aromatic rings. The number of anilines is 2. The molecule has 1 aliphatic heterocycles. The van der Waals surface area contributed by atoms with Gasteiger partial charge in [-0.15, -0.1) is 12.4 Å². The molecule has 4 aromatic carbocycles. The van der Waals surface area contributed by atoms with E-state index >= 15 is 0 Å². The quantitative estimate of drug-likeness (QED) is 0.352. The van der Waals surface area contributed by atoms with Crippen LogP contribution in [0.4, 0.5) is 11.4 Å². The maximum atomic E-state index is 14.2. The number of carbonyl (C=O) groups excluding carboxylic acids is 3. The zero-order chi connectivity index (χ0) is 27.4. The van der Waals surface area contributed by atoms with Crippen LogP contribution in [0.15, 0.2) is 97.1 Å². The summed E-state index contributed by atoms with van der Waals surface area (Å²) in [5.41, 5.74) is 3.14. The minimum Gasteiger partial charge on any atom is -0.341 e. The third kappa shape index (κ3) is 6.01. The van der Waals surface area contributed by atoms with Crippen LogP contribution in [-0.4, -0.2) is 43.4 Å². The van der Waals surface area contributed by atoms with Crippen LogP contribution in [0.25, 0.3) is 10.8 Å². The number of hydrogen-bond donors (Lipinski definition) is 2. The molecule has 206 valence electrons. The molecule has 0 fully saturated rings. The van der Waals surface area contributed by atoms with E-state index in [0.29, 0.717) is 17.9 Å². The maximum absolute atomic E-state index is 14.2. The van der Waals surface area contributed by atoms with Gasteiger partial charge in [0.2, 0.25) is 11.8 Å². The Labute approximate surface area is 240 Å². The summed E-state index contributed by atoms with van der Waals surface area (Å²) in [6, 6.07) is 29.7. The van der Waals surface area contributed by atoms with Crippen LogP contribution in [0.3, 0.4) is 0 Å². The minimum atomic E-state index is -0.921. The monoisotopic (exact) mass is 556 g/mol. The number of fused-ring (bicyclic) bond motifs is 2. The Balaban J connectivity index is 0.00000370. The van der Waals surface area contributed by atoms with Gasteiger partial charge >= 0.3 is 0 Å². The minimum absolute atomic E-state index is 0. The third-order valence-electron chi connectivity index (χ3n) is 7.24. The van der Waals surface area contributed by atoms with E-state index in [0.717, 1.165) is 21.9 Å². The summed E-state index contributed by atoms with van der Waals surface area (Å²) in [6.07, 6.45) is 0.181. The van der Waals surface area contributed by atoms with Crippen LogP contribution in [0.5, 0.6) is 0 Å². The molecule has 2 N–H and O–H groups in total. The summed E-state index contributed by atoms with van der Waals surface area (Å²) in [4.78, 5) is 44.2. The number of para-hydroxylation sites is 2. The second-order valence-electron chi connectivity index (χ2n) is 9.79. The number of halogens is 1. The Morgan fingerprint density at radius 1 is 0.875 bits per heavy atom. The standard InChI is InChI=1S/C32H32N4O3.ClH/c1-22(33-2)31(38)34-27-21-35(30(37)19-23-11-4-3-5-12-23)28-17-8-9-18-29(28)36(32(27)39)20-25-15-10-14-24-13-6-7-16-26(24)25;/h3-18,22,27,33H,19-21H2,1-2H3,(H,34,38);1H/t22?,27-;/m0./s1. The first-order valence-electron chi connectivity index (χ1n) is 13.1. The second-order valence-corrected chi connectivity index (χ2v) is 9.79. The number of hydrogen-bond acceptors (Lipinski definition) is 4. The Morgan fingerprint density at radius 3 is 2.27 bits per heavy atom. The molecule has 5 rings (SSSR count). The zero-order valence-corrected chi connectivity index (χ0v) is 23.4. The van der Waals surface area contributed by atoms with Crippen LogP contribution in [0.2, 0.25) is 0 Å². The van der Waals surface area contributed by atoms with E-state index in [4.69, 9.17) is 0 Å². The van der Waals surface area contributed by atoms with Crippen molar-refractivity contribution in [2.45, 2.75) is 32.0 Å². The van der Waals surface area contributed by atoms with Gasteiger partial charge < -0.3 is 20.4 Å². The molecule has 0 saturated carbocycles. The van der Waals surface area contributed by atoms with Crippen molar-refractivity contribution in [3.05, 3.63) is 108 Å². The number of nitrogens with zero attached hydrogens (tertiary/aromatic N) is 2. The molecule has 2 atom stereocenters. The molecule has 7 nitrogen and oxygen atoms in total. The van der Waals surface area contributed by atoms with Gasteiger partial charge in [0.15, 0.2) is 0 Å². The Kier molecular flexibility index (Phi) is 9.19. The number of rotatable bonds is 7. The molecule has 8 heteroatoms. The van der Waals surface area contributed by atoms with Gasteiger partial charge in [-0.05, 0) is 48.0 Å². The number of likely N-dealkylation sites (N-methyl/N-ethyl adjacent to an activating group) is 1. The molecule has 0 bridgehead atoms.